The minimum absolute atomic E-state index is 0.288. The Morgan fingerprint density at radius 3 is 2.42 bits per heavy atom. The quantitative estimate of drug-likeness (QED) is 0.678. The molecule has 0 unspecified atom stereocenters. The van der Waals surface area contributed by atoms with Crippen LogP contribution in [0.4, 0.5) is 4.79 Å². The Hall–Kier alpha value is -2.41. The molecule has 1 rings (SSSR count). The van der Waals surface area contributed by atoms with Crippen molar-refractivity contribution in [1.82, 2.24) is 10.6 Å². The van der Waals surface area contributed by atoms with Crippen LogP contribution in [0.3, 0.4) is 0 Å². The molecule has 0 saturated carbocycles. The highest BCUT2D eigenvalue weighted by Crippen LogP contribution is 1.96. The number of hydrogen-bond acceptors (Lipinski definition) is 4. The molecule has 0 spiro atoms. The zero-order valence-electron chi connectivity index (χ0n) is 10.1. The van der Waals surface area contributed by atoms with Crippen molar-refractivity contribution < 1.29 is 24.2 Å². The number of hydrogen-bond donors (Lipinski definition) is 3. The number of aliphatic carboxylic acids is 1. The number of nitrogens with one attached hydrogen (secondary N) is 2. The molecule has 3 N–H and O–H groups in total. The number of rotatable bonds is 6. The summed E-state index contributed by atoms with van der Waals surface area (Å²) in [6.07, 6.45) is 0. The van der Waals surface area contributed by atoms with Gasteiger partial charge in [-0.25, -0.2) is 9.59 Å². The Kier molecular flexibility index (Phi) is 6.04. The average Bonchev–Trinajstić information content (AvgIpc) is 2.37. The molecule has 0 atom stereocenters. The van der Waals surface area contributed by atoms with Crippen LogP contribution in [0.25, 0.3) is 0 Å². The van der Waals surface area contributed by atoms with Gasteiger partial charge in [0, 0.05) is 6.54 Å². The van der Waals surface area contributed by atoms with Gasteiger partial charge in [-0.2, -0.15) is 0 Å². The van der Waals surface area contributed by atoms with E-state index in [1.807, 2.05) is 35.6 Å². The number of imide groups is 1. The van der Waals surface area contributed by atoms with Gasteiger partial charge >= 0.3 is 12.0 Å². The molecule has 0 fully saturated rings. The molecule has 19 heavy (non-hydrogen) atoms. The highest BCUT2D eigenvalue weighted by atomic mass is 16.5. The maximum absolute atomic E-state index is 11.3. The third-order valence-corrected chi connectivity index (χ3v) is 2.01. The Bertz CT molecular complexity index is 447. The first-order valence-electron chi connectivity index (χ1n) is 5.49. The molecular formula is C12H14N2O5. The van der Waals surface area contributed by atoms with Gasteiger partial charge < -0.3 is 15.2 Å². The van der Waals surface area contributed by atoms with E-state index in [4.69, 9.17) is 5.11 Å². The largest absolute Gasteiger partial charge is 0.480 e. The molecule has 0 aliphatic rings. The van der Waals surface area contributed by atoms with Gasteiger partial charge in [0.05, 0.1) is 0 Å². The standard InChI is InChI=1S/C12H14N2O5/c15-10(7-19-8-11(16)17)14-12(18)13-6-9-4-2-1-3-5-9/h1-5H,6-8H2,(H,16,17)(H2,13,14,15,18). The SMILES string of the molecule is O=C(O)COCC(=O)NC(=O)NCc1ccccc1. The molecule has 7 nitrogen and oxygen atoms in total. The van der Waals surface area contributed by atoms with Crippen molar-refractivity contribution in [3.8, 4) is 0 Å². The van der Waals surface area contributed by atoms with E-state index < -0.39 is 31.1 Å². The van der Waals surface area contributed by atoms with E-state index >= 15 is 0 Å². The summed E-state index contributed by atoms with van der Waals surface area (Å²) in [5.41, 5.74) is 0.896. The molecule has 0 radical (unpaired) electrons. The lowest BCUT2D eigenvalue weighted by Crippen LogP contribution is -2.41. The van der Waals surface area contributed by atoms with Gasteiger partial charge in [0.15, 0.2) is 0 Å². The lowest BCUT2D eigenvalue weighted by Gasteiger charge is -2.06. The lowest BCUT2D eigenvalue weighted by atomic mass is 10.2. The third-order valence-electron chi connectivity index (χ3n) is 2.01. The summed E-state index contributed by atoms with van der Waals surface area (Å²) < 4.78 is 4.53. The van der Waals surface area contributed by atoms with Crippen LogP contribution >= 0.6 is 0 Å². The predicted molar refractivity (Wildman–Crippen MR) is 65.3 cm³/mol. The van der Waals surface area contributed by atoms with Crippen LogP contribution in [0.2, 0.25) is 0 Å². The van der Waals surface area contributed by atoms with Crippen LogP contribution in [-0.2, 0) is 20.9 Å². The zero-order chi connectivity index (χ0) is 14.1. The van der Waals surface area contributed by atoms with Crippen molar-refractivity contribution >= 4 is 17.9 Å². The van der Waals surface area contributed by atoms with E-state index in [-0.39, 0.29) is 6.54 Å². The zero-order valence-corrected chi connectivity index (χ0v) is 10.1. The molecule has 1 aromatic rings. The van der Waals surface area contributed by atoms with Gasteiger partial charge in [-0.15, -0.1) is 0 Å². The lowest BCUT2D eigenvalue weighted by molar-refractivity contribution is -0.143. The maximum atomic E-state index is 11.3. The number of carboxylic acids is 1. The van der Waals surface area contributed by atoms with Crippen LogP contribution in [0.15, 0.2) is 30.3 Å². The Morgan fingerprint density at radius 1 is 1.11 bits per heavy atom. The van der Waals surface area contributed by atoms with Crippen molar-refractivity contribution in [2.75, 3.05) is 13.2 Å². The summed E-state index contributed by atoms with van der Waals surface area (Å²) in [5, 5.41) is 12.8. The van der Waals surface area contributed by atoms with Gasteiger partial charge in [0.1, 0.15) is 13.2 Å². The molecule has 0 aromatic heterocycles. The first-order chi connectivity index (χ1) is 9.08. The Balaban J connectivity index is 2.20. The van der Waals surface area contributed by atoms with Crippen molar-refractivity contribution in [3.63, 3.8) is 0 Å². The predicted octanol–water partition coefficient (Wildman–Crippen LogP) is 0.114. The molecule has 102 valence electrons. The average molecular weight is 266 g/mol. The summed E-state index contributed by atoms with van der Waals surface area (Å²) in [7, 11) is 0. The van der Waals surface area contributed by atoms with Crippen LogP contribution in [0.1, 0.15) is 5.56 Å². The van der Waals surface area contributed by atoms with Gasteiger partial charge in [0.25, 0.3) is 5.91 Å². The fraction of sp³-hybridized carbons (Fsp3) is 0.250. The van der Waals surface area contributed by atoms with Crippen LogP contribution < -0.4 is 10.6 Å². The minimum atomic E-state index is -1.18. The van der Waals surface area contributed by atoms with Crippen molar-refractivity contribution in [1.29, 1.82) is 0 Å². The van der Waals surface area contributed by atoms with Crippen molar-refractivity contribution in [2.45, 2.75) is 6.54 Å². The summed E-state index contributed by atoms with van der Waals surface area (Å²) >= 11 is 0. The first kappa shape index (κ1) is 14.7. The highest BCUT2D eigenvalue weighted by Gasteiger charge is 2.08. The number of carbonyl (C=O) groups is 3. The fourth-order valence-corrected chi connectivity index (χ4v) is 1.22. The summed E-state index contributed by atoms with van der Waals surface area (Å²) in [5.74, 6) is -1.88. The molecule has 0 saturated heterocycles. The monoisotopic (exact) mass is 266 g/mol. The van der Waals surface area contributed by atoms with Gasteiger partial charge in [-0.05, 0) is 5.56 Å². The smallest absolute Gasteiger partial charge is 0.329 e. The van der Waals surface area contributed by atoms with Crippen molar-refractivity contribution in [3.05, 3.63) is 35.9 Å². The van der Waals surface area contributed by atoms with E-state index in [2.05, 4.69) is 10.1 Å². The Morgan fingerprint density at radius 2 is 1.79 bits per heavy atom. The molecule has 0 heterocycles. The molecular weight excluding hydrogens is 252 g/mol. The topological polar surface area (TPSA) is 105 Å². The van der Waals surface area contributed by atoms with E-state index in [9.17, 15) is 14.4 Å². The van der Waals surface area contributed by atoms with E-state index in [0.717, 1.165) is 5.56 Å². The second-order valence-electron chi connectivity index (χ2n) is 3.60. The van der Waals surface area contributed by atoms with E-state index in [0.29, 0.717) is 0 Å². The van der Waals surface area contributed by atoms with Crippen LogP contribution in [0.5, 0.6) is 0 Å². The van der Waals surface area contributed by atoms with Gasteiger partial charge in [0.2, 0.25) is 0 Å². The highest BCUT2D eigenvalue weighted by molar-refractivity contribution is 5.94. The van der Waals surface area contributed by atoms with E-state index in [1.54, 1.807) is 0 Å². The summed E-state index contributed by atoms with van der Waals surface area (Å²) in [6.45, 7) is -0.778. The molecule has 1 aromatic carbocycles. The Labute approximate surface area is 109 Å². The molecule has 0 bridgehead atoms. The third kappa shape index (κ3) is 6.79. The normalized spacial score (nSPS) is 9.68. The molecule has 7 heteroatoms. The number of carboxylic acid groups (broad SMARTS) is 1. The van der Waals surface area contributed by atoms with Crippen molar-refractivity contribution in [2.24, 2.45) is 0 Å². The van der Waals surface area contributed by atoms with Crippen LogP contribution in [0, 0.1) is 0 Å². The van der Waals surface area contributed by atoms with Gasteiger partial charge in [-0.3, -0.25) is 10.1 Å². The summed E-state index contributed by atoms with van der Waals surface area (Å²) in [4.78, 5) is 32.6. The number of amides is 3. The van der Waals surface area contributed by atoms with Gasteiger partial charge in [-0.1, -0.05) is 30.3 Å². The number of ether oxygens (including phenoxy) is 1. The number of urea groups is 1. The molecule has 3 amide bonds. The summed E-state index contributed by atoms with van der Waals surface area (Å²) in [6, 6.07) is 8.52. The van der Waals surface area contributed by atoms with E-state index in [1.165, 1.54) is 0 Å². The first-order valence-corrected chi connectivity index (χ1v) is 5.49. The number of benzene rings is 1. The van der Waals surface area contributed by atoms with Crippen LogP contribution in [-0.4, -0.2) is 36.2 Å². The second kappa shape index (κ2) is 7.83. The second-order valence-corrected chi connectivity index (χ2v) is 3.60. The fourth-order valence-electron chi connectivity index (χ4n) is 1.22. The maximum Gasteiger partial charge on any atom is 0.329 e. The molecule has 0 aliphatic heterocycles. The number of carbonyl (C=O) groups excluding carboxylic acids is 2. The minimum Gasteiger partial charge on any atom is -0.480 e. The molecule has 0 aliphatic carbocycles.